The second-order valence-electron chi connectivity index (χ2n) is 8.13. The molecule has 1 fully saturated rings. The average Bonchev–Trinajstić information content (AvgIpc) is 3.34. The zero-order valence-electron chi connectivity index (χ0n) is 19.2. The minimum atomic E-state index is -0.361. The molecule has 3 N–H and O–H groups in total. The van der Waals surface area contributed by atoms with Crippen molar-refractivity contribution in [2.24, 2.45) is 5.11 Å². The molecule has 1 atom stereocenters. The largest absolute Gasteiger partial charge is 0.382 e. The Bertz CT molecular complexity index is 1310. The van der Waals surface area contributed by atoms with Gasteiger partial charge in [0.05, 0.1) is 24.9 Å². The molecule has 2 heterocycles. The van der Waals surface area contributed by atoms with Crippen molar-refractivity contribution in [1.82, 2.24) is 9.88 Å². The molecule has 0 unspecified atom stereocenters. The Balaban J connectivity index is 1.43. The van der Waals surface area contributed by atoms with Gasteiger partial charge in [-0.1, -0.05) is 11.6 Å². The summed E-state index contributed by atoms with van der Waals surface area (Å²) in [5.74, 6) is -0.0480. The van der Waals surface area contributed by atoms with E-state index in [0.29, 0.717) is 48.1 Å². The van der Waals surface area contributed by atoms with E-state index >= 15 is 0 Å². The molecule has 1 saturated heterocycles. The van der Waals surface area contributed by atoms with Crippen LogP contribution in [0.25, 0.3) is 16.6 Å². The number of ether oxygens (including phenoxy) is 2. The van der Waals surface area contributed by atoms with Gasteiger partial charge in [0.15, 0.2) is 0 Å². The van der Waals surface area contributed by atoms with E-state index in [9.17, 15) is 9.59 Å². The lowest BCUT2D eigenvalue weighted by molar-refractivity contribution is 0.0218. The standard InChI is InChI=1S/C25H26ClN5O4/c1-34-10-11-35-20-8-9-31(15-20)25(33)16-2-5-19(6-3-16)28-14-23(30-27)21-13-17-12-18(26)4-7-22(17)29-24(21)32/h2-7,12-14,20,27-28H,8-11,15H2,1H3,(H,29,32)/b23-14-,30-27?/t20-/m1/s1. The number of methoxy groups -OCH3 is 1. The van der Waals surface area contributed by atoms with Crippen LogP contribution in [-0.4, -0.2) is 55.3 Å². The van der Waals surface area contributed by atoms with Crippen molar-refractivity contribution in [1.29, 1.82) is 5.53 Å². The number of carbonyl (C=O) groups is 1. The molecular weight excluding hydrogens is 470 g/mol. The molecule has 0 radical (unpaired) electrons. The van der Waals surface area contributed by atoms with Gasteiger partial charge in [0.1, 0.15) is 5.70 Å². The quantitative estimate of drug-likeness (QED) is 0.298. The number of pyridine rings is 1. The number of nitrogens with zero attached hydrogens (tertiary/aromatic N) is 2. The van der Waals surface area contributed by atoms with Crippen molar-refractivity contribution < 1.29 is 14.3 Å². The average molecular weight is 496 g/mol. The molecule has 3 aromatic rings. The van der Waals surface area contributed by atoms with Crippen molar-refractivity contribution >= 4 is 39.8 Å². The first-order chi connectivity index (χ1) is 17.0. The molecule has 0 saturated carbocycles. The lowest BCUT2D eigenvalue weighted by Gasteiger charge is -2.17. The summed E-state index contributed by atoms with van der Waals surface area (Å²) in [7, 11) is 1.63. The number of rotatable bonds is 9. The molecule has 1 aliphatic rings. The maximum Gasteiger partial charge on any atom is 0.258 e. The topological polar surface area (TPSA) is 120 Å². The molecule has 182 valence electrons. The maximum absolute atomic E-state index is 12.8. The number of halogens is 1. The second kappa shape index (κ2) is 11.3. The summed E-state index contributed by atoms with van der Waals surface area (Å²) in [5, 5.41) is 7.83. The first-order valence-corrected chi connectivity index (χ1v) is 11.5. The van der Waals surface area contributed by atoms with Gasteiger partial charge in [-0.05, 0) is 55.0 Å². The highest BCUT2D eigenvalue weighted by Gasteiger charge is 2.27. The predicted molar refractivity (Wildman–Crippen MR) is 135 cm³/mol. The van der Waals surface area contributed by atoms with Crippen LogP contribution in [0.5, 0.6) is 0 Å². The van der Waals surface area contributed by atoms with Crippen LogP contribution in [-0.2, 0) is 9.47 Å². The minimum absolute atomic E-state index is 0.0292. The van der Waals surface area contributed by atoms with Gasteiger partial charge in [0.25, 0.3) is 11.5 Å². The van der Waals surface area contributed by atoms with Crippen LogP contribution in [0.2, 0.25) is 5.02 Å². The first kappa shape index (κ1) is 24.6. The maximum atomic E-state index is 12.8. The number of hydrogen-bond acceptors (Lipinski definition) is 7. The molecule has 9 nitrogen and oxygen atoms in total. The fourth-order valence-electron chi connectivity index (χ4n) is 3.93. The van der Waals surface area contributed by atoms with E-state index in [1.54, 1.807) is 60.5 Å². The number of anilines is 1. The van der Waals surface area contributed by atoms with Crippen molar-refractivity contribution in [3.05, 3.63) is 81.2 Å². The molecule has 1 amide bonds. The lowest BCUT2D eigenvalue weighted by atomic mass is 10.1. The van der Waals surface area contributed by atoms with E-state index in [-0.39, 0.29) is 28.8 Å². The van der Waals surface area contributed by atoms with Crippen LogP contribution in [0.4, 0.5) is 5.69 Å². The number of amides is 1. The van der Waals surface area contributed by atoms with Crippen molar-refractivity contribution in [3.63, 3.8) is 0 Å². The molecule has 0 aliphatic carbocycles. The number of benzene rings is 2. The molecule has 4 rings (SSSR count). The van der Waals surface area contributed by atoms with Gasteiger partial charge in [-0.25, -0.2) is 5.53 Å². The van der Waals surface area contributed by atoms with Crippen molar-refractivity contribution in [3.8, 4) is 0 Å². The SMILES string of the molecule is COCCO[C@@H]1CCN(C(=O)c2ccc(N/C=C(\N=N)c3cc4cc(Cl)ccc4[nH]c3=O)cc2)C1. The van der Waals surface area contributed by atoms with E-state index in [1.165, 1.54) is 6.20 Å². The molecule has 0 bridgehead atoms. The van der Waals surface area contributed by atoms with Gasteiger partial charge >= 0.3 is 0 Å². The minimum Gasteiger partial charge on any atom is -0.382 e. The molecule has 1 aromatic heterocycles. The number of likely N-dealkylation sites (tertiary alicyclic amines) is 1. The van der Waals surface area contributed by atoms with Gasteiger partial charge < -0.3 is 24.7 Å². The molecule has 35 heavy (non-hydrogen) atoms. The smallest absolute Gasteiger partial charge is 0.258 e. The number of H-pyrrole nitrogens is 1. The summed E-state index contributed by atoms with van der Waals surface area (Å²) in [6.45, 7) is 2.26. The summed E-state index contributed by atoms with van der Waals surface area (Å²) in [6, 6.07) is 13.8. The van der Waals surface area contributed by atoms with E-state index < -0.39 is 0 Å². The fourth-order valence-corrected chi connectivity index (χ4v) is 4.11. The monoisotopic (exact) mass is 495 g/mol. The van der Waals surface area contributed by atoms with E-state index in [2.05, 4.69) is 15.4 Å². The summed E-state index contributed by atoms with van der Waals surface area (Å²) >= 11 is 6.06. The number of hydrogen-bond donors (Lipinski definition) is 3. The third kappa shape index (κ3) is 5.94. The third-order valence-electron chi connectivity index (χ3n) is 5.78. The molecule has 0 spiro atoms. The van der Waals surface area contributed by atoms with Crippen molar-refractivity contribution in [2.45, 2.75) is 12.5 Å². The Labute approximate surface area is 207 Å². The van der Waals surface area contributed by atoms with Crippen LogP contribution in [0.3, 0.4) is 0 Å². The highest BCUT2D eigenvalue weighted by molar-refractivity contribution is 6.31. The lowest BCUT2D eigenvalue weighted by Crippen LogP contribution is -2.30. The number of carbonyl (C=O) groups excluding carboxylic acids is 1. The van der Waals surface area contributed by atoms with E-state index in [1.807, 2.05) is 0 Å². The first-order valence-electron chi connectivity index (χ1n) is 11.2. The van der Waals surface area contributed by atoms with Gasteiger partial charge in [-0.3, -0.25) is 9.59 Å². The van der Waals surface area contributed by atoms with Gasteiger partial charge in [0, 0.05) is 53.6 Å². The van der Waals surface area contributed by atoms with Crippen molar-refractivity contribution in [2.75, 3.05) is 38.7 Å². The number of aromatic amines is 1. The zero-order valence-corrected chi connectivity index (χ0v) is 20.0. The Morgan fingerprint density at radius 2 is 2.06 bits per heavy atom. The van der Waals surface area contributed by atoms with Crippen LogP contribution in [0.15, 0.2) is 64.6 Å². The normalized spacial score (nSPS) is 16.0. The Hall–Kier alpha value is -3.53. The molecule has 2 aromatic carbocycles. The van der Waals surface area contributed by atoms with Crippen LogP contribution in [0.1, 0.15) is 22.3 Å². The summed E-state index contributed by atoms with van der Waals surface area (Å²) in [5.41, 5.74) is 9.48. The van der Waals surface area contributed by atoms with Crippen LogP contribution < -0.4 is 10.9 Å². The summed E-state index contributed by atoms with van der Waals surface area (Å²) in [6.07, 6.45) is 2.31. The van der Waals surface area contributed by atoms with E-state index in [4.69, 9.17) is 26.6 Å². The molecular formula is C25H26ClN5O4. The fraction of sp³-hybridized carbons (Fsp3) is 0.280. The van der Waals surface area contributed by atoms with Crippen LogP contribution in [0, 0.1) is 5.53 Å². The number of nitrogens with one attached hydrogen (secondary N) is 3. The molecule has 10 heteroatoms. The highest BCUT2D eigenvalue weighted by atomic mass is 35.5. The molecule has 1 aliphatic heterocycles. The Morgan fingerprint density at radius 1 is 1.26 bits per heavy atom. The second-order valence-corrected chi connectivity index (χ2v) is 8.57. The zero-order chi connectivity index (χ0) is 24.8. The number of fused-ring (bicyclic) bond motifs is 1. The highest BCUT2D eigenvalue weighted by Crippen LogP contribution is 2.22. The predicted octanol–water partition coefficient (Wildman–Crippen LogP) is 4.50. The van der Waals surface area contributed by atoms with Gasteiger partial charge in [0.2, 0.25) is 0 Å². The summed E-state index contributed by atoms with van der Waals surface area (Å²) in [4.78, 5) is 29.9. The number of aromatic nitrogens is 1. The Morgan fingerprint density at radius 3 is 2.80 bits per heavy atom. The summed E-state index contributed by atoms with van der Waals surface area (Å²) < 4.78 is 10.7. The van der Waals surface area contributed by atoms with E-state index in [0.717, 1.165) is 11.8 Å². The van der Waals surface area contributed by atoms with Crippen LogP contribution >= 0.6 is 11.6 Å². The van der Waals surface area contributed by atoms with Gasteiger partial charge in [-0.2, -0.15) is 5.11 Å². The Kier molecular flexibility index (Phi) is 7.91. The third-order valence-corrected chi connectivity index (χ3v) is 6.02. The van der Waals surface area contributed by atoms with Gasteiger partial charge in [-0.15, -0.1) is 0 Å².